The van der Waals surface area contributed by atoms with Crippen molar-refractivity contribution in [2.45, 2.75) is 13.8 Å². The Labute approximate surface area is 136 Å². The van der Waals surface area contributed by atoms with Gasteiger partial charge in [-0.1, -0.05) is 0 Å². The summed E-state index contributed by atoms with van der Waals surface area (Å²) in [6, 6.07) is 3.86. The van der Waals surface area contributed by atoms with Gasteiger partial charge in [-0.3, -0.25) is 9.69 Å². The molecule has 1 saturated heterocycles. The van der Waals surface area contributed by atoms with Crippen LogP contribution >= 0.6 is 11.8 Å². The number of amides is 1. The van der Waals surface area contributed by atoms with Gasteiger partial charge in [-0.05, 0) is 42.7 Å². The van der Waals surface area contributed by atoms with E-state index in [1.165, 1.54) is 0 Å². The fourth-order valence-corrected chi connectivity index (χ4v) is 3.33. The zero-order valence-corrected chi connectivity index (χ0v) is 14.2. The second-order valence-electron chi connectivity index (χ2n) is 5.29. The second kappa shape index (κ2) is 8.19. The van der Waals surface area contributed by atoms with E-state index in [9.17, 15) is 4.79 Å². The standard InChI is InChI=1S/C16H23N3O2S/c1-12-13(2)15(21-3)5-4-14(12)10-17-18-16(20)11-19-6-8-22-9-7-19/h4-5,10H,6-9,11H2,1-3H3,(H,18,20). The van der Waals surface area contributed by atoms with Crippen molar-refractivity contribution in [2.75, 3.05) is 38.2 Å². The van der Waals surface area contributed by atoms with Crippen LogP contribution in [0.1, 0.15) is 16.7 Å². The molecule has 0 atom stereocenters. The molecule has 1 heterocycles. The molecule has 0 spiro atoms. The van der Waals surface area contributed by atoms with Crippen LogP contribution in [0.4, 0.5) is 0 Å². The highest BCUT2D eigenvalue weighted by Gasteiger charge is 2.13. The van der Waals surface area contributed by atoms with Crippen molar-refractivity contribution in [3.05, 3.63) is 28.8 Å². The molecule has 0 unspecified atom stereocenters. The minimum Gasteiger partial charge on any atom is -0.496 e. The fraction of sp³-hybridized carbons (Fsp3) is 0.500. The van der Waals surface area contributed by atoms with E-state index < -0.39 is 0 Å². The molecule has 5 nitrogen and oxygen atoms in total. The smallest absolute Gasteiger partial charge is 0.254 e. The van der Waals surface area contributed by atoms with Gasteiger partial charge in [-0.25, -0.2) is 5.43 Å². The SMILES string of the molecule is COc1ccc(C=NNC(=O)CN2CCSCC2)c(C)c1C. The summed E-state index contributed by atoms with van der Waals surface area (Å²) >= 11 is 1.93. The summed E-state index contributed by atoms with van der Waals surface area (Å²) in [5, 5.41) is 4.07. The Hall–Kier alpha value is -1.53. The summed E-state index contributed by atoms with van der Waals surface area (Å²) in [5.41, 5.74) is 5.77. The molecule has 1 fully saturated rings. The number of thioether (sulfide) groups is 1. The van der Waals surface area contributed by atoms with E-state index in [1.54, 1.807) is 13.3 Å². The maximum atomic E-state index is 11.9. The highest BCUT2D eigenvalue weighted by molar-refractivity contribution is 7.99. The minimum atomic E-state index is -0.0639. The van der Waals surface area contributed by atoms with Crippen molar-refractivity contribution in [1.29, 1.82) is 0 Å². The molecule has 120 valence electrons. The highest BCUT2D eigenvalue weighted by Crippen LogP contribution is 2.22. The molecule has 6 heteroatoms. The Balaban J connectivity index is 1.89. The zero-order valence-electron chi connectivity index (χ0n) is 13.4. The molecule has 1 aliphatic rings. The number of hydrazone groups is 1. The Kier molecular flexibility index (Phi) is 6.27. The quantitative estimate of drug-likeness (QED) is 0.664. The Bertz CT molecular complexity index is 555. The fourth-order valence-electron chi connectivity index (χ4n) is 2.35. The van der Waals surface area contributed by atoms with Gasteiger partial charge in [0.15, 0.2) is 0 Å². The minimum absolute atomic E-state index is 0.0639. The Morgan fingerprint density at radius 3 is 2.77 bits per heavy atom. The number of methoxy groups -OCH3 is 1. The van der Waals surface area contributed by atoms with Crippen molar-refractivity contribution in [3.8, 4) is 5.75 Å². The first-order chi connectivity index (χ1) is 10.6. The molecular weight excluding hydrogens is 298 g/mol. The molecule has 1 aliphatic heterocycles. The van der Waals surface area contributed by atoms with Crippen molar-refractivity contribution in [3.63, 3.8) is 0 Å². The largest absolute Gasteiger partial charge is 0.496 e. The summed E-state index contributed by atoms with van der Waals surface area (Å²) in [6.45, 7) is 6.39. The Morgan fingerprint density at radius 2 is 2.09 bits per heavy atom. The third kappa shape index (κ3) is 4.48. The van der Waals surface area contributed by atoms with E-state index in [4.69, 9.17) is 4.74 Å². The maximum Gasteiger partial charge on any atom is 0.254 e. The van der Waals surface area contributed by atoms with E-state index in [-0.39, 0.29) is 5.91 Å². The molecule has 0 radical (unpaired) electrons. The summed E-state index contributed by atoms with van der Waals surface area (Å²) in [4.78, 5) is 14.0. The number of nitrogens with one attached hydrogen (secondary N) is 1. The average Bonchev–Trinajstić information content (AvgIpc) is 2.52. The van der Waals surface area contributed by atoms with Gasteiger partial charge in [0.05, 0.1) is 19.9 Å². The highest BCUT2D eigenvalue weighted by atomic mass is 32.2. The number of ether oxygens (including phenoxy) is 1. The molecule has 0 aliphatic carbocycles. The molecule has 0 aromatic heterocycles. The average molecular weight is 321 g/mol. The predicted octanol–water partition coefficient (Wildman–Crippen LogP) is 1.81. The number of carbonyl (C=O) groups is 1. The predicted molar refractivity (Wildman–Crippen MR) is 92.0 cm³/mol. The lowest BCUT2D eigenvalue weighted by Crippen LogP contribution is -2.40. The number of carbonyl (C=O) groups excluding carboxylic acids is 1. The number of nitrogens with zero attached hydrogens (tertiary/aromatic N) is 2. The van der Waals surface area contributed by atoms with E-state index in [2.05, 4.69) is 15.4 Å². The van der Waals surface area contributed by atoms with E-state index >= 15 is 0 Å². The lowest BCUT2D eigenvalue weighted by Gasteiger charge is -2.24. The summed E-state index contributed by atoms with van der Waals surface area (Å²) in [7, 11) is 1.66. The zero-order chi connectivity index (χ0) is 15.9. The van der Waals surface area contributed by atoms with Crippen LogP contribution in [0.25, 0.3) is 0 Å². The van der Waals surface area contributed by atoms with Crippen LogP contribution in [0.5, 0.6) is 5.75 Å². The molecule has 22 heavy (non-hydrogen) atoms. The monoisotopic (exact) mass is 321 g/mol. The lowest BCUT2D eigenvalue weighted by molar-refractivity contribution is -0.122. The van der Waals surface area contributed by atoms with Crippen LogP contribution in [-0.4, -0.2) is 55.3 Å². The van der Waals surface area contributed by atoms with Gasteiger partial charge in [-0.2, -0.15) is 16.9 Å². The molecule has 0 saturated carbocycles. The van der Waals surface area contributed by atoms with E-state index in [1.807, 2.05) is 37.7 Å². The first-order valence-electron chi connectivity index (χ1n) is 7.38. The van der Waals surface area contributed by atoms with Crippen molar-refractivity contribution < 1.29 is 9.53 Å². The molecule has 1 aromatic rings. The number of hydrogen-bond donors (Lipinski definition) is 1. The second-order valence-corrected chi connectivity index (χ2v) is 6.51. The molecule has 1 N–H and O–H groups in total. The van der Waals surface area contributed by atoms with Gasteiger partial charge < -0.3 is 4.74 Å². The summed E-state index contributed by atoms with van der Waals surface area (Å²) in [6.07, 6.45) is 1.69. The summed E-state index contributed by atoms with van der Waals surface area (Å²) < 4.78 is 5.29. The summed E-state index contributed by atoms with van der Waals surface area (Å²) in [5.74, 6) is 2.99. The van der Waals surface area contributed by atoms with Gasteiger partial charge in [-0.15, -0.1) is 0 Å². The molecule has 0 bridgehead atoms. The first kappa shape index (κ1) is 16.8. The molecule has 2 rings (SSSR count). The first-order valence-corrected chi connectivity index (χ1v) is 8.53. The third-order valence-corrected chi connectivity index (χ3v) is 4.81. The Morgan fingerprint density at radius 1 is 1.36 bits per heavy atom. The normalized spacial score (nSPS) is 16.0. The number of hydrogen-bond acceptors (Lipinski definition) is 5. The van der Waals surface area contributed by atoms with Crippen LogP contribution in [-0.2, 0) is 4.79 Å². The van der Waals surface area contributed by atoms with Crippen LogP contribution in [0.15, 0.2) is 17.2 Å². The van der Waals surface area contributed by atoms with Gasteiger partial charge in [0.1, 0.15) is 5.75 Å². The van der Waals surface area contributed by atoms with Gasteiger partial charge in [0, 0.05) is 24.6 Å². The van der Waals surface area contributed by atoms with Crippen LogP contribution in [0.2, 0.25) is 0 Å². The number of rotatable bonds is 5. The van der Waals surface area contributed by atoms with Gasteiger partial charge in [0.2, 0.25) is 0 Å². The molecule has 1 amide bonds. The van der Waals surface area contributed by atoms with Crippen LogP contribution in [0.3, 0.4) is 0 Å². The molecular formula is C16H23N3O2S. The molecule has 1 aromatic carbocycles. The van der Waals surface area contributed by atoms with Crippen molar-refractivity contribution in [1.82, 2.24) is 10.3 Å². The van der Waals surface area contributed by atoms with E-state index in [0.717, 1.165) is 47.0 Å². The van der Waals surface area contributed by atoms with Crippen LogP contribution < -0.4 is 10.2 Å². The number of benzene rings is 1. The van der Waals surface area contributed by atoms with Crippen molar-refractivity contribution in [2.24, 2.45) is 5.10 Å². The van der Waals surface area contributed by atoms with Gasteiger partial charge in [0.25, 0.3) is 5.91 Å². The topological polar surface area (TPSA) is 53.9 Å². The van der Waals surface area contributed by atoms with Crippen molar-refractivity contribution >= 4 is 23.9 Å². The van der Waals surface area contributed by atoms with Gasteiger partial charge >= 0.3 is 0 Å². The lowest BCUT2D eigenvalue weighted by atomic mass is 10.0. The maximum absolute atomic E-state index is 11.9. The van der Waals surface area contributed by atoms with E-state index in [0.29, 0.717) is 6.54 Å². The third-order valence-electron chi connectivity index (χ3n) is 3.86. The van der Waals surface area contributed by atoms with Crippen LogP contribution in [0, 0.1) is 13.8 Å².